The molecule has 0 bridgehead atoms. The van der Waals surface area contributed by atoms with Crippen molar-refractivity contribution in [1.29, 1.82) is 0 Å². The van der Waals surface area contributed by atoms with Gasteiger partial charge >= 0.3 is 0 Å². The Morgan fingerprint density at radius 1 is 1.38 bits per heavy atom. The number of carbonyl (C=O) groups is 2. The third kappa shape index (κ3) is 2.42. The van der Waals surface area contributed by atoms with Crippen LogP contribution in [0.25, 0.3) is 0 Å². The SMILES string of the molecule is CC(=O)CC[C@]1(C)C(=O)C=CCCC1(C)C. The van der Waals surface area contributed by atoms with Gasteiger partial charge in [-0.25, -0.2) is 0 Å². The van der Waals surface area contributed by atoms with Crippen LogP contribution in [0.3, 0.4) is 0 Å². The minimum absolute atomic E-state index is 0.0387. The molecule has 0 heterocycles. The molecule has 1 rings (SSSR count). The number of allylic oxidation sites excluding steroid dienone is 2. The molecule has 0 aromatic carbocycles. The molecular formula is C14H22O2. The van der Waals surface area contributed by atoms with Crippen molar-refractivity contribution in [1.82, 2.24) is 0 Å². The van der Waals surface area contributed by atoms with E-state index >= 15 is 0 Å². The van der Waals surface area contributed by atoms with E-state index in [0.29, 0.717) is 12.8 Å². The molecule has 1 atom stereocenters. The summed E-state index contributed by atoms with van der Waals surface area (Å²) in [6.07, 6.45) is 6.79. The van der Waals surface area contributed by atoms with Crippen molar-refractivity contribution in [3.05, 3.63) is 12.2 Å². The average molecular weight is 222 g/mol. The first-order valence-corrected chi connectivity index (χ1v) is 6.00. The van der Waals surface area contributed by atoms with Crippen molar-refractivity contribution < 1.29 is 9.59 Å². The topological polar surface area (TPSA) is 34.1 Å². The maximum Gasteiger partial charge on any atom is 0.161 e. The first-order valence-electron chi connectivity index (χ1n) is 6.00. The number of hydrogen-bond acceptors (Lipinski definition) is 2. The Balaban J connectivity index is 2.96. The van der Waals surface area contributed by atoms with Crippen LogP contribution in [0.4, 0.5) is 0 Å². The molecule has 0 aromatic heterocycles. The van der Waals surface area contributed by atoms with Gasteiger partial charge in [0.15, 0.2) is 5.78 Å². The van der Waals surface area contributed by atoms with Gasteiger partial charge < -0.3 is 4.79 Å². The zero-order chi connectivity index (χ0) is 12.4. The zero-order valence-electron chi connectivity index (χ0n) is 10.8. The van der Waals surface area contributed by atoms with Gasteiger partial charge in [0.25, 0.3) is 0 Å². The second-order valence-corrected chi connectivity index (χ2v) is 5.72. The smallest absolute Gasteiger partial charge is 0.161 e. The summed E-state index contributed by atoms with van der Waals surface area (Å²) in [4.78, 5) is 23.3. The lowest BCUT2D eigenvalue weighted by Crippen LogP contribution is -2.41. The summed E-state index contributed by atoms with van der Waals surface area (Å²) < 4.78 is 0. The van der Waals surface area contributed by atoms with E-state index in [-0.39, 0.29) is 17.0 Å². The predicted octanol–water partition coefficient (Wildman–Crippen LogP) is 3.31. The minimum atomic E-state index is -0.397. The lowest BCUT2D eigenvalue weighted by Gasteiger charge is -2.41. The summed E-state index contributed by atoms with van der Waals surface area (Å²) in [5, 5.41) is 0. The molecule has 2 heteroatoms. The van der Waals surface area contributed by atoms with Crippen LogP contribution in [0.5, 0.6) is 0 Å². The van der Waals surface area contributed by atoms with Crippen molar-refractivity contribution >= 4 is 11.6 Å². The zero-order valence-corrected chi connectivity index (χ0v) is 10.8. The molecule has 2 nitrogen and oxygen atoms in total. The van der Waals surface area contributed by atoms with Gasteiger partial charge in [-0.1, -0.05) is 26.8 Å². The van der Waals surface area contributed by atoms with E-state index in [1.165, 1.54) is 0 Å². The fourth-order valence-electron chi connectivity index (χ4n) is 2.32. The molecule has 0 saturated carbocycles. The molecule has 16 heavy (non-hydrogen) atoms. The summed E-state index contributed by atoms with van der Waals surface area (Å²) >= 11 is 0. The summed E-state index contributed by atoms with van der Waals surface area (Å²) in [7, 11) is 0. The Kier molecular flexibility index (Phi) is 3.72. The highest BCUT2D eigenvalue weighted by Crippen LogP contribution is 2.48. The van der Waals surface area contributed by atoms with Gasteiger partial charge in [0.2, 0.25) is 0 Å². The Bertz CT molecular complexity index is 326. The van der Waals surface area contributed by atoms with Crippen molar-refractivity contribution in [2.24, 2.45) is 10.8 Å². The molecule has 90 valence electrons. The van der Waals surface area contributed by atoms with E-state index in [4.69, 9.17) is 0 Å². The molecule has 1 aliphatic carbocycles. The Morgan fingerprint density at radius 2 is 2.00 bits per heavy atom. The highest BCUT2D eigenvalue weighted by molar-refractivity contribution is 5.95. The van der Waals surface area contributed by atoms with E-state index < -0.39 is 5.41 Å². The van der Waals surface area contributed by atoms with E-state index in [2.05, 4.69) is 13.8 Å². The van der Waals surface area contributed by atoms with Crippen LogP contribution in [-0.4, -0.2) is 11.6 Å². The van der Waals surface area contributed by atoms with E-state index in [1.807, 2.05) is 13.0 Å². The maximum atomic E-state index is 12.2. The van der Waals surface area contributed by atoms with Crippen LogP contribution in [0, 0.1) is 10.8 Å². The van der Waals surface area contributed by atoms with Crippen molar-refractivity contribution in [3.8, 4) is 0 Å². The summed E-state index contributed by atoms with van der Waals surface area (Å²) in [5.41, 5.74) is -0.436. The minimum Gasteiger partial charge on any atom is -0.300 e. The molecule has 0 fully saturated rings. The van der Waals surface area contributed by atoms with Crippen molar-refractivity contribution in [2.75, 3.05) is 0 Å². The van der Waals surface area contributed by atoms with Crippen LogP contribution < -0.4 is 0 Å². The molecule has 0 aromatic rings. The van der Waals surface area contributed by atoms with E-state index in [0.717, 1.165) is 12.8 Å². The normalized spacial score (nSPS) is 28.9. The number of hydrogen-bond donors (Lipinski definition) is 0. The number of Topliss-reactive ketones (excluding diaryl/α,β-unsaturated/α-hetero) is 1. The first kappa shape index (κ1) is 13.1. The molecule has 0 unspecified atom stereocenters. The molecule has 0 N–H and O–H groups in total. The van der Waals surface area contributed by atoms with Crippen LogP contribution in [0.15, 0.2) is 12.2 Å². The van der Waals surface area contributed by atoms with Crippen molar-refractivity contribution in [3.63, 3.8) is 0 Å². The van der Waals surface area contributed by atoms with Crippen LogP contribution >= 0.6 is 0 Å². The Hall–Kier alpha value is -0.920. The van der Waals surface area contributed by atoms with Gasteiger partial charge in [-0.3, -0.25) is 4.79 Å². The van der Waals surface area contributed by atoms with Gasteiger partial charge in [0.1, 0.15) is 5.78 Å². The maximum absolute atomic E-state index is 12.2. The molecule has 1 aliphatic rings. The van der Waals surface area contributed by atoms with E-state index in [1.54, 1.807) is 13.0 Å². The Morgan fingerprint density at radius 3 is 2.56 bits per heavy atom. The summed E-state index contributed by atoms with van der Waals surface area (Å²) in [5.74, 6) is 0.342. The summed E-state index contributed by atoms with van der Waals surface area (Å²) in [6.45, 7) is 7.87. The fraction of sp³-hybridized carbons (Fsp3) is 0.714. The number of ketones is 2. The van der Waals surface area contributed by atoms with Crippen molar-refractivity contribution in [2.45, 2.75) is 53.4 Å². The van der Waals surface area contributed by atoms with E-state index in [9.17, 15) is 9.59 Å². The molecule has 0 radical (unpaired) electrons. The van der Waals surface area contributed by atoms with Crippen LogP contribution in [-0.2, 0) is 9.59 Å². The molecule has 0 spiro atoms. The molecule has 0 amide bonds. The standard InChI is InChI=1S/C14H22O2/c1-11(15)8-10-14(4)12(16)7-5-6-9-13(14,2)3/h5,7H,6,8-10H2,1-4H3/t14-/m1/s1. The lowest BCUT2D eigenvalue weighted by atomic mass is 9.61. The second kappa shape index (κ2) is 4.52. The fourth-order valence-corrected chi connectivity index (χ4v) is 2.32. The Labute approximate surface area is 98.1 Å². The van der Waals surface area contributed by atoms with Crippen LogP contribution in [0.2, 0.25) is 0 Å². The highest BCUT2D eigenvalue weighted by Gasteiger charge is 2.45. The van der Waals surface area contributed by atoms with Gasteiger partial charge in [-0.15, -0.1) is 0 Å². The number of carbonyl (C=O) groups excluding carboxylic acids is 2. The lowest BCUT2D eigenvalue weighted by molar-refractivity contribution is -0.130. The van der Waals surface area contributed by atoms with Crippen LogP contribution in [0.1, 0.15) is 53.4 Å². The summed E-state index contributed by atoms with van der Waals surface area (Å²) in [6, 6.07) is 0. The van der Waals surface area contributed by atoms with Gasteiger partial charge in [-0.05, 0) is 37.7 Å². The monoisotopic (exact) mass is 222 g/mol. The second-order valence-electron chi connectivity index (χ2n) is 5.72. The van der Waals surface area contributed by atoms with Gasteiger partial charge in [-0.2, -0.15) is 0 Å². The van der Waals surface area contributed by atoms with Gasteiger partial charge in [0, 0.05) is 11.8 Å². The highest BCUT2D eigenvalue weighted by atomic mass is 16.1. The third-order valence-electron chi connectivity index (χ3n) is 4.22. The molecular weight excluding hydrogens is 200 g/mol. The third-order valence-corrected chi connectivity index (χ3v) is 4.22. The number of rotatable bonds is 3. The quantitative estimate of drug-likeness (QED) is 0.734. The largest absolute Gasteiger partial charge is 0.300 e. The first-order chi connectivity index (χ1) is 7.29. The van der Waals surface area contributed by atoms with Gasteiger partial charge in [0.05, 0.1) is 0 Å². The predicted molar refractivity (Wildman–Crippen MR) is 65.2 cm³/mol. The molecule has 0 saturated heterocycles. The average Bonchev–Trinajstić information content (AvgIpc) is 2.28. The molecule has 0 aliphatic heterocycles.